The highest BCUT2D eigenvalue weighted by Gasteiger charge is 2.55. The highest BCUT2D eigenvalue weighted by molar-refractivity contribution is 6.02. The van der Waals surface area contributed by atoms with Crippen LogP contribution in [0.5, 0.6) is 0 Å². The highest BCUT2D eigenvalue weighted by atomic mass is 19.1. The number of carbonyl (C=O) groups excluding carboxylic acids is 2. The number of hydrogen-bond donors (Lipinski definition) is 1. The summed E-state index contributed by atoms with van der Waals surface area (Å²) in [6, 6.07) is 6.25. The maximum absolute atomic E-state index is 14.1. The average Bonchev–Trinajstić information content (AvgIpc) is 2.72. The Morgan fingerprint density at radius 3 is 2.75 bits per heavy atom. The van der Waals surface area contributed by atoms with Gasteiger partial charge in [-0.25, -0.2) is 4.39 Å². The van der Waals surface area contributed by atoms with Crippen molar-refractivity contribution in [1.82, 2.24) is 5.32 Å². The summed E-state index contributed by atoms with van der Waals surface area (Å²) in [5.41, 5.74) is -0.295. The summed E-state index contributed by atoms with van der Waals surface area (Å²) >= 11 is 0. The van der Waals surface area contributed by atoms with Gasteiger partial charge in [0.15, 0.2) is 0 Å². The van der Waals surface area contributed by atoms with Gasteiger partial charge in [-0.1, -0.05) is 18.2 Å². The van der Waals surface area contributed by atoms with Crippen molar-refractivity contribution >= 4 is 11.8 Å². The zero-order chi connectivity index (χ0) is 14.3. The maximum atomic E-state index is 14.1. The Morgan fingerprint density at radius 1 is 1.35 bits per heavy atom. The van der Waals surface area contributed by atoms with E-state index in [1.165, 1.54) is 6.07 Å². The third-order valence-electron chi connectivity index (χ3n) is 4.55. The first-order chi connectivity index (χ1) is 9.54. The second-order valence-corrected chi connectivity index (χ2v) is 5.54. The van der Waals surface area contributed by atoms with Gasteiger partial charge in [0.25, 0.3) is 0 Å². The number of amides is 2. The van der Waals surface area contributed by atoms with Crippen molar-refractivity contribution in [1.29, 1.82) is 0 Å². The zero-order valence-electron chi connectivity index (χ0n) is 11.2. The van der Waals surface area contributed by atoms with Crippen LogP contribution in [-0.2, 0) is 14.3 Å². The quantitative estimate of drug-likeness (QED) is 0.796. The number of imide groups is 1. The van der Waals surface area contributed by atoms with E-state index in [4.69, 9.17) is 4.74 Å². The normalized spacial score (nSPS) is 33.5. The predicted molar refractivity (Wildman–Crippen MR) is 69.4 cm³/mol. The molecular formula is C15H16FNO3. The fraction of sp³-hybridized carbons (Fsp3) is 0.467. The molecule has 2 aliphatic rings. The van der Waals surface area contributed by atoms with Crippen molar-refractivity contribution in [2.24, 2.45) is 5.41 Å². The molecule has 2 fully saturated rings. The molecule has 0 aromatic heterocycles. The molecule has 2 aliphatic heterocycles. The van der Waals surface area contributed by atoms with Crippen LogP contribution in [0.3, 0.4) is 0 Å². The molecule has 4 nitrogen and oxygen atoms in total. The minimum absolute atomic E-state index is 0.193. The van der Waals surface area contributed by atoms with Crippen LogP contribution >= 0.6 is 0 Å². The van der Waals surface area contributed by atoms with Gasteiger partial charge in [0, 0.05) is 24.0 Å². The number of benzene rings is 1. The predicted octanol–water partition coefficient (Wildman–Crippen LogP) is 1.75. The van der Waals surface area contributed by atoms with Crippen LogP contribution in [0.2, 0.25) is 0 Å². The number of hydrogen-bond acceptors (Lipinski definition) is 3. The fourth-order valence-corrected chi connectivity index (χ4v) is 3.48. The van der Waals surface area contributed by atoms with E-state index in [1.807, 2.05) is 6.92 Å². The van der Waals surface area contributed by atoms with E-state index in [2.05, 4.69) is 5.32 Å². The molecule has 3 unspecified atom stereocenters. The molecule has 0 radical (unpaired) electrons. The van der Waals surface area contributed by atoms with E-state index in [9.17, 15) is 14.0 Å². The number of piperidine rings is 1. The van der Waals surface area contributed by atoms with Crippen molar-refractivity contribution in [2.75, 3.05) is 6.61 Å². The van der Waals surface area contributed by atoms with Gasteiger partial charge in [0.05, 0.1) is 12.0 Å². The third kappa shape index (κ3) is 1.85. The Kier molecular flexibility index (Phi) is 3.09. The lowest BCUT2D eigenvalue weighted by molar-refractivity contribution is -0.142. The summed E-state index contributed by atoms with van der Waals surface area (Å²) in [5.74, 6) is -1.83. The molecule has 0 saturated carbocycles. The molecule has 1 aromatic carbocycles. The smallest absolute Gasteiger partial charge is 0.234 e. The topological polar surface area (TPSA) is 55.4 Å². The molecule has 2 saturated heterocycles. The molecule has 2 heterocycles. The van der Waals surface area contributed by atoms with Crippen LogP contribution < -0.4 is 5.32 Å². The standard InChI is InChI=1S/C15H16FNO3/c1-9-15(6-7-20-9)8-12(18)17-14(19)13(15)10-4-2-3-5-11(10)16/h2-5,9,13H,6-8H2,1H3,(H,17,18,19). The van der Waals surface area contributed by atoms with Crippen LogP contribution in [0, 0.1) is 11.2 Å². The lowest BCUT2D eigenvalue weighted by Gasteiger charge is -2.41. The van der Waals surface area contributed by atoms with E-state index >= 15 is 0 Å². The number of rotatable bonds is 1. The Hall–Kier alpha value is -1.75. The summed E-state index contributed by atoms with van der Waals surface area (Å²) in [6.45, 7) is 2.35. The van der Waals surface area contributed by atoms with Crippen LogP contribution in [-0.4, -0.2) is 24.5 Å². The van der Waals surface area contributed by atoms with Crippen molar-refractivity contribution < 1.29 is 18.7 Å². The molecular weight excluding hydrogens is 261 g/mol. The highest BCUT2D eigenvalue weighted by Crippen LogP contribution is 2.51. The largest absolute Gasteiger partial charge is 0.378 e. The maximum Gasteiger partial charge on any atom is 0.234 e. The molecule has 1 aromatic rings. The number of halogens is 1. The second-order valence-electron chi connectivity index (χ2n) is 5.54. The summed E-state index contributed by atoms with van der Waals surface area (Å²) < 4.78 is 19.7. The third-order valence-corrected chi connectivity index (χ3v) is 4.55. The van der Waals surface area contributed by atoms with Gasteiger partial charge in [-0.15, -0.1) is 0 Å². The van der Waals surface area contributed by atoms with Crippen molar-refractivity contribution in [2.45, 2.75) is 31.8 Å². The van der Waals surface area contributed by atoms with E-state index in [1.54, 1.807) is 18.2 Å². The van der Waals surface area contributed by atoms with Crippen LogP contribution in [0.4, 0.5) is 4.39 Å². The van der Waals surface area contributed by atoms with Gasteiger partial charge in [-0.05, 0) is 19.4 Å². The first-order valence-electron chi connectivity index (χ1n) is 6.74. The summed E-state index contributed by atoms with van der Waals surface area (Å²) in [5, 5.41) is 2.33. The Balaban J connectivity index is 2.12. The van der Waals surface area contributed by atoms with E-state index in [-0.39, 0.29) is 18.4 Å². The molecule has 0 aliphatic carbocycles. The van der Waals surface area contributed by atoms with E-state index in [0.717, 1.165) is 0 Å². The molecule has 5 heteroatoms. The van der Waals surface area contributed by atoms with E-state index < -0.39 is 23.1 Å². The van der Waals surface area contributed by atoms with Gasteiger partial charge in [0.2, 0.25) is 11.8 Å². The number of nitrogens with one attached hydrogen (secondary N) is 1. The Bertz CT molecular complexity index is 574. The SMILES string of the molecule is CC1OCCC12CC(=O)NC(=O)C2c1ccccc1F. The molecule has 106 valence electrons. The monoisotopic (exact) mass is 277 g/mol. The summed E-state index contributed by atoms with van der Waals surface area (Å²) in [6.07, 6.45) is 0.535. The van der Waals surface area contributed by atoms with Crippen molar-refractivity contribution in [3.8, 4) is 0 Å². The van der Waals surface area contributed by atoms with Gasteiger partial charge >= 0.3 is 0 Å². The van der Waals surface area contributed by atoms with Crippen molar-refractivity contribution in [3.63, 3.8) is 0 Å². The van der Waals surface area contributed by atoms with Crippen LogP contribution in [0.15, 0.2) is 24.3 Å². The summed E-state index contributed by atoms with van der Waals surface area (Å²) in [7, 11) is 0. The van der Waals surface area contributed by atoms with Gasteiger partial charge in [-0.3, -0.25) is 14.9 Å². The molecule has 2 amide bonds. The Morgan fingerprint density at radius 2 is 2.10 bits per heavy atom. The minimum Gasteiger partial charge on any atom is -0.378 e. The number of carbonyl (C=O) groups is 2. The first-order valence-corrected chi connectivity index (χ1v) is 6.74. The van der Waals surface area contributed by atoms with E-state index in [0.29, 0.717) is 18.6 Å². The zero-order valence-corrected chi connectivity index (χ0v) is 11.2. The molecule has 1 N–H and O–H groups in total. The first kappa shape index (κ1) is 13.2. The Labute approximate surface area is 116 Å². The fourth-order valence-electron chi connectivity index (χ4n) is 3.48. The lowest BCUT2D eigenvalue weighted by atomic mass is 9.63. The van der Waals surface area contributed by atoms with Crippen LogP contribution in [0.25, 0.3) is 0 Å². The van der Waals surface area contributed by atoms with Gasteiger partial charge in [-0.2, -0.15) is 0 Å². The lowest BCUT2D eigenvalue weighted by Crippen LogP contribution is -2.53. The molecule has 20 heavy (non-hydrogen) atoms. The number of ether oxygens (including phenoxy) is 1. The van der Waals surface area contributed by atoms with Gasteiger partial charge in [0.1, 0.15) is 5.82 Å². The van der Waals surface area contributed by atoms with Crippen LogP contribution in [0.1, 0.15) is 31.2 Å². The molecule has 1 spiro atoms. The second kappa shape index (κ2) is 4.66. The minimum atomic E-state index is -0.682. The van der Waals surface area contributed by atoms with Crippen molar-refractivity contribution in [3.05, 3.63) is 35.6 Å². The van der Waals surface area contributed by atoms with Gasteiger partial charge < -0.3 is 4.74 Å². The molecule has 0 bridgehead atoms. The average molecular weight is 277 g/mol. The molecule has 3 atom stereocenters. The molecule has 3 rings (SSSR count). The summed E-state index contributed by atoms with van der Waals surface area (Å²) in [4.78, 5) is 24.1.